The molecule has 0 amide bonds. The highest BCUT2D eigenvalue weighted by Gasteiger charge is 2.84. The third-order valence-electron chi connectivity index (χ3n) is 8.46. The van der Waals surface area contributed by atoms with E-state index in [1.165, 1.54) is 13.8 Å². The van der Waals surface area contributed by atoms with Gasteiger partial charge in [0.15, 0.2) is 23.1 Å². The van der Waals surface area contributed by atoms with Gasteiger partial charge in [0.25, 0.3) is 0 Å². The molecule has 1 saturated carbocycles. The number of rotatable bonds is 0. The molecule has 2 aliphatic heterocycles. The zero-order chi connectivity index (χ0) is 22.0. The lowest BCUT2D eigenvalue weighted by molar-refractivity contribution is -0.193. The van der Waals surface area contributed by atoms with Crippen molar-refractivity contribution in [2.24, 2.45) is 21.7 Å². The number of ketones is 4. The molecule has 30 heavy (non-hydrogen) atoms. The van der Waals surface area contributed by atoms with E-state index in [1.54, 1.807) is 39.8 Å². The van der Waals surface area contributed by atoms with Gasteiger partial charge in [0.2, 0.25) is 0 Å². The normalized spacial score (nSPS) is 42.2. The number of hydrogen-bond acceptors (Lipinski definition) is 6. The van der Waals surface area contributed by atoms with Gasteiger partial charge in [0.05, 0.1) is 11.5 Å². The largest absolute Gasteiger partial charge is 0.497 e. The van der Waals surface area contributed by atoms with Crippen molar-refractivity contribution in [3.8, 4) is 0 Å². The van der Waals surface area contributed by atoms with Crippen LogP contribution >= 0.6 is 0 Å². The summed E-state index contributed by atoms with van der Waals surface area (Å²) in [6.45, 7) is 9.70. The Morgan fingerprint density at radius 3 is 1.33 bits per heavy atom. The van der Waals surface area contributed by atoms with E-state index >= 15 is 0 Å². The molecule has 0 radical (unpaired) electrons. The lowest BCUT2D eigenvalue weighted by Crippen LogP contribution is -2.80. The molecule has 3 aliphatic carbocycles. The Morgan fingerprint density at radius 2 is 1.00 bits per heavy atom. The molecule has 0 N–H and O–H groups in total. The summed E-state index contributed by atoms with van der Waals surface area (Å²) in [6.07, 6.45) is 3.40. The number of fused-ring (bicyclic) bond motifs is 3. The van der Waals surface area contributed by atoms with E-state index in [0.29, 0.717) is 33.8 Å². The van der Waals surface area contributed by atoms with Gasteiger partial charge in [-0.1, -0.05) is 0 Å². The molecule has 0 aromatic carbocycles. The molecule has 0 unspecified atom stereocenters. The maximum atomic E-state index is 14.3. The van der Waals surface area contributed by atoms with Crippen LogP contribution in [-0.4, -0.2) is 36.3 Å². The number of carbonyl (C=O) groups excluding carboxylic acids is 4. The second-order valence-corrected chi connectivity index (χ2v) is 9.54. The summed E-state index contributed by atoms with van der Waals surface area (Å²) in [4.78, 5) is 55.9. The monoisotopic (exact) mass is 408 g/mol. The van der Waals surface area contributed by atoms with Crippen molar-refractivity contribution in [2.75, 3.05) is 13.2 Å². The number of allylic oxidation sites excluding steroid dienone is 6. The van der Waals surface area contributed by atoms with E-state index in [4.69, 9.17) is 9.47 Å². The molecule has 6 heteroatoms. The summed E-state index contributed by atoms with van der Waals surface area (Å²) in [5.74, 6) is -0.587. The van der Waals surface area contributed by atoms with E-state index in [2.05, 4.69) is 0 Å². The van der Waals surface area contributed by atoms with Gasteiger partial charge in [-0.05, 0) is 76.0 Å². The minimum Gasteiger partial charge on any atom is -0.497 e. The van der Waals surface area contributed by atoms with Gasteiger partial charge in [-0.15, -0.1) is 0 Å². The van der Waals surface area contributed by atoms with Gasteiger partial charge >= 0.3 is 0 Å². The molecular weight excluding hydrogens is 384 g/mol. The van der Waals surface area contributed by atoms with Crippen molar-refractivity contribution in [3.05, 3.63) is 46.0 Å². The molecule has 5 aliphatic rings. The van der Waals surface area contributed by atoms with Crippen LogP contribution in [0.5, 0.6) is 0 Å². The minimum absolute atomic E-state index is 0.0627. The van der Waals surface area contributed by atoms with Crippen LogP contribution in [0, 0.1) is 21.7 Å². The first-order chi connectivity index (χ1) is 13.9. The predicted molar refractivity (Wildman–Crippen MR) is 106 cm³/mol. The topological polar surface area (TPSA) is 86.7 Å². The molecule has 0 aromatic rings. The first-order valence-electron chi connectivity index (χ1n) is 10.2. The van der Waals surface area contributed by atoms with Gasteiger partial charge in [-0.25, -0.2) is 0 Å². The van der Waals surface area contributed by atoms with Gasteiger partial charge in [-0.3, -0.25) is 19.2 Å². The number of carbonyl (C=O) groups is 4. The van der Waals surface area contributed by atoms with Crippen molar-refractivity contribution in [2.45, 2.75) is 41.5 Å². The third-order valence-corrected chi connectivity index (χ3v) is 8.46. The maximum absolute atomic E-state index is 14.3. The van der Waals surface area contributed by atoms with E-state index in [0.717, 1.165) is 0 Å². The Labute approximate surface area is 174 Å². The summed E-state index contributed by atoms with van der Waals surface area (Å²) in [5.41, 5.74) is -4.53. The quantitative estimate of drug-likeness (QED) is 0.573. The fourth-order valence-corrected chi connectivity index (χ4v) is 6.62. The first kappa shape index (κ1) is 19.2. The standard InChI is InChI=1S/C24H24O6/c1-11-7-15-13(3)17(25)21(5)19(27)23(15,9-29-11)24-10-30-12(2)8-16(24)14(4)18(26)22(21,6)20(24)28/h7-8H,9-10H2,1-6H3/t21-,22-,23+,24+/m1/s1. The number of Topliss-reactive ketones (excluding diaryl/α,β-unsaturated/α-hetero) is 4. The summed E-state index contributed by atoms with van der Waals surface area (Å²) in [7, 11) is 0. The van der Waals surface area contributed by atoms with Gasteiger partial charge in [0, 0.05) is 0 Å². The summed E-state index contributed by atoms with van der Waals surface area (Å²) >= 11 is 0. The minimum atomic E-state index is -1.79. The van der Waals surface area contributed by atoms with Crippen molar-refractivity contribution >= 4 is 23.1 Å². The Bertz CT molecular complexity index is 1060. The molecule has 4 atom stereocenters. The van der Waals surface area contributed by atoms with Crippen LogP contribution in [-0.2, 0) is 28.7 Å². The molecule has 5 rings (SSSR count). The second kappa shape index (κ2) is 5.10. The lowest BCUT2D eigenvalue weighted by atomic mass is 9.32. The van der Waals surface area contributed by atoms with Crippen LogP contribution in [0.15, 0.2) is 46.0 Å². The Hall–Kier alpha value is -2.76. The molecular formula is C24H24O6. The summed E-state index contributed by atoms with van der Waals surface area (Å²) < 4.78 is 11.8. The van der Waals surface area contributed by atoms with Gasteiger partial charge < -0.3 is 9.47 Å². The van der Waals surface area contributed by atoms with Crippen LogP contribution in [0.1, 0.15) is 41.5 Å². The SMILES string of the molecule is CC1=CC2=C(C)C(=O)[C@]3(C)C(=O)[C@@]2(CO1)[C@@]12COC(C)=CC1=C(C)C(=O)[C@]3(C)C2=O. The highest BCUT2D eigenvalue weighted by molar-refractivity contribution is 6.36. The van der Waals surface area contributed by atoms with E-state index in [-0.39, 0.29) is 13.2 Å². The predicted octanol–water partition coefficient (Wildman–Crippen LogP) is 2.79. The average molecular weight is 408 g/mol. The van der Waals surface area contributed by atoms with Crippen LogP contribution < -0.4 is 0 Å². The van der Waals surface area contributed by atoms with Crippen molar-refractivity contribution < 1.29 is 28.7 Å². The first-order valence-corrected chi connectivity index (χ1v) is 10.2. The zero-order valence-corrected chi connectivity index (χ0v) is 18.0. The fraction of sp³-hybridized carbons (Fsp3) is 0.500. The lowest BCUT2D eigenvalue weighted by Gasteiger charge is -2.66. The van der Waals surface area contributed by atoms with Gasteiger partial charge in [0.1, 0.15) is 34.9 Å². The molecule has 4 bridgehead atoms. The highest BCUT2D eigenvalue weighted by Crippen LogP contribution is 2.72. The van der Waals surface area contributed by atoms with Gasteiger partial charge in [-0.2, -0.15) is 0 Å². The summed E-state index contributed by atoms with van der Waals surface area (Å²) in [5, 5.41) is 0. The average Bonchev–Trinajstić information content (AvgIpc) is 2.72. The van der Waals surface area contributed by atoms with Crippen LogP contribution in [0.2, 0.25) is 0 Å². The Kier molecular flexibility index (Phi) is 3.27. The van der Waals surface area contributed by atoms with E-state index < -0.39 is 44.8 Å². The third kappa shape index (κ3) is 1.51. The Balaban J connectivity index is 2.06. The van der Waals surface area contributed by atoms with E-state index in [1.807, 2.05) is 0 Å². The second-order valence-electron chi connectivity index (χ2n) is 9.54. The van der Waals surface area contributed by atoms with Crippen molar-refractivity contribution in [1.29, 1.82) is 0 Å². The summed E-state index contributed by atoms with van der Waals surface area (Å²) in [6, 6.07) is 0. The number of ether oxygens (including phenoxy) is 2. The van der Waals surface area contributed by atoms with Crippen LogP contribution in [0.4, 0.5) is 0 Å². The number of hydrogen-bond donors (Lipinski definition) is 0. The molecule has 0 aromatic heterocycles. The zero-order valence-electron chi connectivity index (χ0n) is 18.0. The van der Waals surface area contributed by atoms with Crippen molar-refractivity contribution in [1.82, 2.24) is 0 Å². The smallest absolute Gasteiger partial charge is 0.173 e. The molecule has 156 valence electrons. The maximum Gasteiger partial charge on any atom is 0.173 e. The van der Waals surface area contributed by atoms with Crippen LogP contribution in [0.3, 0.4) is 0 Å². The highest BCUT2D eigenvalue weighted by atomic mass is 16.5. The molecule has 0 saturated heterocycles. The molecule has 6 nitrogen and oxygen atoms in total. The molecule has 2 heterocycles. The molecule has 2 spiro atoms. The van der Waals surface area contributed by atoms with Crippen LogP contribution in [0.25, 0.3) is 0 Å². The van der Waals surface area contributed by atoms with E-state index in [9.17, 15) is 19.2 Å². The Morgan fingerprint density at radius 1 is 0.667 bits per heavy atom. The van der Waals surface area contributed by atoms with Crippen molar-refractivity contribution in [3.63, 3.8) is 0 Å². The molecule has 1 fully saturated rings. The fourth-order valence-electron chi connectivity index (χ4n) is 6.62.